The largest absolute Gasteiger partial charge is 0.534 e. The summed E-state index contributed by atoms with van der Waals surface area (Å²) in [6.45, 7) is 1.32. The molecular weight excluding hydrogens is 255 g/mol. The molecule has 0 aromatic heterocycles. The molecule has 0 saturated carbocycles. The second-order valence-corrected chi connectivity index (χ2v) is 4.23. The van der Waals surface area contributed by atoms with Crippen LogP contribution in [0.4, 0.5) is 5.69 Å². The Kier molecular flexibility index (Phi) is 4.46. The van der Waals surface area contributed by atoms with Crippen LogP contribution in [0, 0.1) is 10.1 Å². The fourth-order valence-corrected chi connectivity index (χ4v) is 1.51. The maximum absolute atomic E-state index is 10.9. The van der Waals surface area contributed by atoms with Crippen LogP contribution in [-0.4, -0.2) is 34.2 Å². The van der Waals surface area contributed by atoms with Gasteiger partial charge in [0, 0.05) is 12.5 Å². The van der Waals surface area contributed by atoms with Crippen LogP contribution in [0.3, 0.4) is 0 Å². The molecule has 0 amide bonds. The minimum atomic E-state index is -1.52. The number of carbonyl (C=O) groups is 1. The second-order valence-electron chi connectivity index (χ2n) is 4.23. The number of nitrogens with two attached hydrogens (primary N) is 1. The van der Waals surface area contributed by atoms with Gasteiger partial charge in [-0.15, -0.1) is 0 Å². The molecule has 1 atom stereocenters. The Morgan fingerprint density at radius 2 is 2.26 bits per heavy atom. The van der Waals surface area contributed by atoms with Crippen molar-refractivity contribution in [2.45, 2.75) is 18.9 Å². The number of carboxylic acids is 1. The fourth-order valence-electron chi connectivity index (χ4n) is 1.51. The SMILES string of the molecule is C[C@](N)(Cc1ccc(OBO)c([N+](=O)[O-])c1)C(=O)O. The molecule has 0 aliphatic rings. The summed E-state index contributed by atoms with van der Waals surface area (Å²) in [6, 6.07) is 3.94. The average Bonchev–Trinajstić information content (AvgIpc) is 2.30. The monoisotopic (exact) mass is 268 g/mol. The Morgan fingerprint density at radius 3 is 2.74 bits per heavy atom. The lowest BCUT2D eigenvalue weighted by molar-refractivity contribution is -0.385. The van der Waals surface area contributed by atoms with E-state index in [0.717, 1.165) is 0 Å². The van der Waals surface area contributed by atoms with E-state index in [-0.39, 0.29) is 17.9 Å². The van der Waals surface area contributed by atoms with Crippen molar-refractivity contribution in [2.75, 3.05) is 0 Å². The number of hydrogen-bond donors (Lipinski definition) is 3. The Labute approximate surface area is 109 Å². The van der Waals surface area contributed by atoms with Crippen molar-refractivity contribution in [1.29, 1.82) is 0 Å². The molecule has 4 N–H and O–H groups in total. The average molecular weight is 268 g/mol. The first kappa shape index (κ1) is 14.9. The van der Waals surface area contributed by atoms with Gasteiger partial charge in [0.05, 0.1) is 4.92 Å². The van der Waals surface area contributed by atoms with Gasteiger partial charge < -0.3 is 20.5 Å². The van der Waals surface area contributed by atoms with Crippen molar-refractivity contribution in [3.63, 3.8) is 0 Å². The van der Waals surface area contributed by atoms with E-state index in [1.54, 1.807) is 0 Å². The molecule has 0 aliphatic carbocycles. The van der Waals surface area contributed by atoms with Gasteiger partial charge in [0.1, 0.15) is 5.54 Å². The van der Waals surface area contributed by atoms with Gasteiger partial charge in [0.2, 0.25) is 0 Å². The van der Waals surface area contributed by atoms with Crippen molar-refractivity contribution in [3.05, 3.63) is 33.9 Å². The van der Waals surface area contributed by atoms with Crippen LogP contribution in [0.25, 0.3) is 0 Å². The van der Waals surface area contributed by atoms with Gasteiger partial charge in [-0.3, -0.25) is 14.9 Å². The Morgan fingerprint density at radius 1 is 1.63 bits per heavy atom. The number of nitrogens with zero attached hydrogens (tertiary/aromatic N) is 1. The molecule has 1 aromatic rings. The number of benzene rings is 1. The Bertz CT molecular complexity index is 505. The lowest BCUT2D eigenvalue weighted by Gasteiger charge is -2.19. The van der Waals surface area contributed by atoms with Crippen LogP contribution in [0.2, 0.25) is 0 Å². The topological polar surface area (TPSA) is 136 Å². The van der Waals surface area contributed by atoms with Gasteiger partial charge in [0.15, 0.2) is 5.75 Å². The number of aliphatic carboxylic acids is 1. The molecule has 0 fully saturated rings. The van der Waals surface area contributed by atoms with Crippen LogP contribution in [-0.2, 0) is 11.2 Å². The van der Waals surface area contributed by atoms with Gasteiger partial charge in [-0.2, -0.15) is 0 Å². The van der Waals surface area contributed by atoms with Crippen LogP contribution < -0.4 is 10.4 Å². The number of nitro groups is 1. The molecule has 0 bridgehead atoms. The summed E-state index contributed by atoms with van der Waals surface area (Å²) in [5.74, 6) is -1.30. The lowest BCUT2D eigenvalue weighted by atomic mass is 9.94. The zero-order valence-electron chi connectivity index (χ0n) is 10.2. The summed E-state index contributed by atoms with van der Waals surface area (Å²) < 4.78 is 4.70. The lowest BCUT2D eigenvalue weighted by Crippen LogP contribution is -2.46. The normalized spacial score (nSPS) is 13.4. The quantitative estimate of drug-likeness (QED) is 0.362. The van der Waals surface area contributed by atoms with E-state index in [4.69, 9.17) is 20.5 Å². The predicted molar refractivity (Wildman–Crippen MR) is 67.0 cm³/mol. The molecule has 1 rings (SSSR count). The summed E-state index contributed by atoms with van der Waals surface area (Å²) >= 11 is 0. The summed E-state index contributed by atoms with van der Waals surface area (Å²) in [7, 11) is -0.691. The van der Waals surface area contributed by atoms with Gasteiger partial charge >= 0.3 is 19.3 Å². The van der Waals surface area contributed by atoms with Crippen molar-refractivity contribution in [1.82, 2.24) is 0 Å². The van der Waals surface area contributed by atoms with E-state index < -0.39 is 24.1 Å². The van der Waals surface area contributed by atoms with Crippen LogP contribution in [0.5, 0.6) is 5.75 Å². The number of rotatable bonds is 6. The van der Waals surface area contributed by atoms with Crippen molar-refractivity contribution in [2.24, 2.45) is 5.73 Å². The van der Waals surface area contributed by atoms with E-state index in [0.29, 0.717) is 5.56 Å². The zero-order valence-corrected chi connectivity index (χ0v) is 10.2. The van der Waals surface area contributed by atoms with E-state index >= 15 is 0 Å². The number of carboxylic acid groups (broad SMARTS) is 1. The van der Waals surface area contributed by atoms with Gasteiger partial charge in [-0.05, 0) is 18.6 Å². The van der Waals surface area contributed by atoms with Crippen LogP contribution >= 0.6 is 0 Å². The highest BCUT2D eigenvalue weighted by atomic mass is 16.6. The minimum absolute atomic E-state index is 0.0669. The van der Waals surface area contributed by atoms with Crippen molar-refractivity contribution >= 4 is 19.3 Å². The molecule has 8 nitrogen and oxygen atoms in total. The second kappa shape index (κ2) is 5.68. The first-order valence-electron chi connectivity index (χ1n) is 5.31. The first-order chi connectivity index (χ1) is 8.77. The summed E-state index contributed by atoms with van der Waals surface area (Å²) in [5.41, 5.74) is 4.09. The predicted octanol–water partition coefficient (Wildman–Crippen LogP) is -0.423. The Balaban J connectivity index is 3.09. The zero-order chi connectivity index (χ0) is 14.6. The molecule has 19 heavy (non-hydrogen) atoms. The molecule has 0 saturated heterocycles. The standard InChI is InChI=1S/C10H13BN2O6/c1-10(12,9(14)15)5-6-2-3-8(19-11-16)7(4-6)13(17)18/h2-4,11,16H,5,12H2,1H3,(H,14,15)/t10-/m0/s1. The maximum Gasteiger partial charge on any atom is 0.504 e. The molecule has 102 valence electrons. The van der Waals surface area contributed by atoms with Crippen molar-refractivity contribution < 1.29 is 24.5 Å². The summed E-state index contributed by atoms with van der Waals surface area (Å²) in [5, 5.41) is 28.4. The highest BCUT2D eigenvalue weighted by Crippen LogP contribution is 2.28. The first-order valence-corrected chi connectivity index (χ1v) is 5.31. The summed E-state index contributed by atoms with van der Waals surface area (Å²) in [4.78, 5) is 21.1. The fraction of sp³-hybridized carbons (Fsp3) is 0.300. The van der Waals surface area contributed by atoms with Gasteiger partial charge in [-0.25, -0.2) is 0 Å². The van der Waals surface area contributed by atoms with E-state index in [1.807, 2.05) is 0 Å². The highest BCUT2D eigenvalue weighted by Gasteiger charge is 2.29. The van der Waals surface area contributed by atoms with E-state index in [1.165, 1.54) is 25.1 Å². The van der Waals surface area contributed by atoms with E-state index in [9.17, 15) is 14.9 Å². The number of hydrogen-bond acceptors (Lipinski definition) is 6. The molecular formula is C10H13BN2O6. The van der Waals surface area contributed by atoms with Gasteiger partial charge in [-0.1, -0.05) is 6.07 Å². The van der Waals surface area contributed by atoms with E-state index in [2.05, 4.69) is 0 Å². The smallest absolute Gasteiger partial charge is 0.504 e. The molecule has 0 aliphatic heterocycles. The highest BCUT2D eigenvalue weighted by molar-refractivity contribution is 6.17. The molecule has 9 heteroatoms. The summed E-state index contributed by atoms with van der Waals surface area (Å²) in [6.07, 6.45) is -0.0669. The van der Waals surface area contributed by atoms with Gasteiger partial charge in [0.25, 0.3) is 0 Å². The number of nitro benzene ring substituents is 1. The molecule has 0 unspecified atom stereocenters. The molecule has 0 spiro atoms. The third-order valence-corrected chi connectivity index (χ3v) is 2.50. The van der Waals surface area contributed by atoms with Crippen LogP contribution in [0.15, 0.2) is 18.2 Å². The minimum Gasteiger partial charge on any atom is -0.534 e. The Hall–Kier alpha value is -2.13. The molecule has 0 heterocycles. The molecule has 0 radical (unpaired) electrons. The third kappa shape index (κ3) is 3.67. The molecule has 1 aromatic carbocycles. The van der Waals surface area contributed by atoms with Crippen molar-refractivity contribution in [3.8, 4) is 5.75 Å². The third-order valence-electron chi connectivity index (χ3n) is 2.50. The van der Waals surface area contributed by atoms with Crippen LogP contribution in [0.1, 0.15) is 12.5 Å². The maximum atomic E-state index is 10.9.